The molecule has 0 amide bonds. The summed E-state index contributed by atoms with van der Waals surface area (Å²) in [6.07, 6.45) is -5.20. The molecule has 0 aliphatic carbocycles. The lowest BCUT2D eigenvalue weighted by atomic mass is 10.2. The van der Waals surface area contributed by atoms with Crippen LogP contribution in [0.2, 0.25) is 0 Å². The van der Waals surface area contributed by atoms with E-state index in [9.17, 15) is 22.8 Å². The molecule has 20 heavy (non-hydrogen) atoms. The van der Waals surface area contributed by atoms with Crippen molar-refractivity contribution in [2.75, 3.05) is 12.0 Å². The number of esters is 1. The van der Waals surface area contributed by atoms with Crippen LogP contribution in [0.15, 0.2) is 35.4 Å². The molecule has 1 rings (SSSR count). The molecule has 0 aliphatic rings. The summed E-state index contributed by atoms with van der Waals surface area (Å²) in [6.45, 7) is 1.23. The minimum Gasteiger partial charge on any atom is -0.461 e. The average molecular weight is 288 g/mol. The molecule has 5 nitrogen and oxygen atoms in total. The fraction of sp³-hybridized carbons (Fsp3) is 0.250. The Balaban J connectivity index is 2.99. The number of hydrogen-bond donors (Lipinski definition) is 1. The molecule has 0 atom stereocenters. The maximum absolute atomic E-state index is 12.4. The average Bonchev–Trinajstić information content (AvgIpc) is 2.39. The predicted octanol–water partition coefficient (Wildman–Crippen LogP) is 2.15. The number of anilines is 1. The Kier molecular flexibility index (Phi) is 5.24. The second-order valence-corrected chi connectivity index (χ2v) is 3.49. The van der Waals surface area contributed by atoms with Crippen molar-refractivity contribution >= 4 is 23.2 Å². The van der Waals surface area contributed by atoms with Gasteiger partial charge in [0.15, 0.2) is 0 Å². The van der Waals surface area contributed by atoms with E-state index >= 15 is 0 Å². The van der Waals surface area contributed by atoms with Crippen LogP contribution >= 0.6 is 0 Å². The highest BCUT2D eigenvalue weighted by Crippen LogP contribution is 2.17. The van der Waals surface area contributed by atoms with E-state index in [1.165, 1.54) is 19.1 Å². The Bertz CT molecular complexity index is 512. The Morgan fingerprint density at radius 1 is 1.25 bits per heavy atom. The lowest BCUT2D eigenvalue weighted by molar-refractivity contribution is -0.164. The van der Waals surface area contributed by atoms with Crippen LogP contribution in [0.25, 0.3) is 0 Å². The van der Waals surface area contributed by atoms with Crippen molar-refractivity contribution in [1.29, 1.82) is 0 Å². The molecule has 1 aromatic carbocycles. The van der Waals surface area contributed by atoms with Crippen molar-refractivity contribution in [3.8, 4) is 0 Å². The summed E-state index contributed by atoms with van der Waals surface area (Å²) >= 11 is 0. The minimum absolute atomic E-state index is 0.172. The monoisotopic (exact) mass is 288 g/mol. The topological polar surface area (TPSA) is 67.8 Å². The zero-order chi connectivity index (χ0) is 15.2. The van der Waals surface area contributed by atoms with Gasteiger partial charge in [-0.1, -0.05) is 18.2 Å². The third-order valence-electron chi connectivity index (χ3n) is 2.01. The molecule has 0 heterocycles. The van der Waals surface area contributed by atoms with E-state index in [1.807, 2.05) is 0 Å². The first-order chi connectivity index (χ1) is 9.36. The number of halogens is 3. The normalized spacial score (nSPS) is 11.9. The van der Waals surface area contributed by atoms with Crippen molar-refractivity contribution < 1.29 is 27.5 Å². The Hall–Kier alpha value is -2.38. The molecule has 0 radical (unpaired) electrons. The molecule has 0 bridgehead atoms. The maximum atomic E-state index is 12.4. The lowest BCUT2D eigenvalue weighted by Gasteiger charge is -2.08. The van der Waals surface area contributed by atoms with E-state index in [-0.39, 0.29) is 6.61 Å². The zero-order valence-corrected chi connectivity index (χ0v) is 10.4. The van der Waals surface area contributed by atoms with Crippen LogP contribution in [0.5, 0.6) is 0 Å². The molecular formula is C12H11F3N2O3. The number of carbonyl (C=O) groups excluding carboxylic acids is 2. The number of nitrogens with zero attached hydrogens (tertiary/aromatic N) is 1. The van der Waals surface area contributed by atoms with Gasteiger partial charge in [-0.25, -0.2) is 4.79 Å². The van der Waals surface area contributed by atoms with Crippen molar-refractivity contribution in [2.24, 2.45) is 5.10 Å². The van der Waals surface area contributed by atoms with Crippen LogP contribution in [-0.2, 0) is 14.3 Å². The fourth-order valence-corrected chi connectivity index (χ4v) is 1.16. The SMILES string of the molecule is CCOC(=O)C(=NNc1ccccc1)C(=O)C(F)(F)F. The number of Topliss-reactive ketones (excluding diaryl/α,β-unsaturated/α-hetero) is 1. The number of para-hydroxylation sites is 1. The van der Waals surface area contributed by atoms with E-state index in [0.29, 0.717) is 5.69 Å². The predicted molar refractivity (Wildman–Crippen MR) is 65.2 cm³/mol. The fourth-order valence-electron chi connectivity index (χ4n) is 1.16. The Morgan fingerprint density at radius 3 is 2.35 bits per heavy atom. The number of alkyl halides is 3. The van der Waals surface area contributed by atoms with Gasteiger partial charge in [0, 0.05) is 0 Å². The highest BCUT2D eigenvalue weighted by atomic mass is 19.4. The van der Waals surface area contributed by atoms with Gasteiger partial charge in [-0.2, -0.15) is 18.3 Å². The van der Waals surface area contributed by atoms with Crippen LogP contribution in [-0.4, -0.2) is 30.2 Å². The van der Waals surface area contributed by atoms with Crippen molar-refractivity contribution in [1.82, 2.24) is 0 Å². The second kappa shape index (κ2) is 6.69. The number of ketones is 1. The van der Waals surface area contributed by atoms with E-state index in [1.54, 1.807) is 18.2 Å². The van der Waals surface area contributed by atoms with Gasteiger partial charge < -0.3 is 4.74 Å². The Labute approximate surface area is 112 Å². The Morgan fingerprint density at radius 2 is 1.85 bits per heavy atom. The molecule has 0 aliphatic heterocycles. The number of rotatable bonds is 5. The molecule has 0 aromatic heterocycles. The lowest BCUT2D eigenvalue weighted by Crippen LogP contribution is -2.37. The molecule has 1 N–H and O–H groups in total. The van der Waals surface area contributed by atoms with Crippen LogP contribution in [0.1, 0.15) is 6.92 Å². The summed E-state index contributed by atoms with van der Waals surface area (Å²) in [4.78, 5) is 22.4. The second-order valence-electron chi connectivity index (χ2n) is 3.49. The molecule has 0 unspecified atom stereocenters. The first kappa shape index (κ1) is 15.7. The molecule has 1 aromatic rings. The van der Waals surface area contributed by atoms with Crippen LogP contribution < -0.4 is 5.43 Å². The number of hydrazone groups is 1. The van der Waals surface area contributed by atoms with E-state index in [4.69, 9.17) is 0 Å². The van der Waals surface area contributed by atoms with E-state index < -0.39 is 23.6 Å². The number of benzene rings is 1. The summed E-state index contributed by atoms with van der Waals surface area (Å²) < 4.78 is 41.5. The third-order valence-corrected chi connectivity index (χ3v) is 2.01. The number of ether oxygens (including phenoxy) is 1. The zero-order valence-electron chi connectivity index (χ0n) is 10.4. The first-order valence-electron chi connectivity index (χ1n) is 5.53. The number of hydrogen-bond acceptors (Lipinski definition) is 5. The van der Waals surface area contributed by atoms with Gasteiger partial charge >= 0.3 is 12.1 Å². The standard InChI is InChI=1S/C12H11F3N2O3/c1-2-20-11(19)9(10(18)12(13,14)15)17-16-8-6-4-3-5-7-8/h3-7,16H,2H2,1H3. The first-order valence-corrected chi connectivity index (χ1v) is 5.53. The van der Waals surface area contributed by atoms with Gasteiger partial charge in [0.25, 0.3) is 5.78 Å². The van der Waals surface area contributed by atoms with Gasteiger partial charge in [-0.3, -0.25) is 10.2 Å². The van der Waals surface area contributed by atoms with Gasteiger partial charge in [0.2, 0.25) is 5.71 Å². The van der Waals surface area contributed by atoms with Crippen molar-refractivity contribution in [3.63, 3.8) is 0 Å². The molecule has 0 saturated carbocycles. The highest BCUT2D eigenvalue weighted by Gasteiger charge is 2.45. The summed E-state index contributed by atoms with van der Waals surface area (Å²) in [5, 5.41) is 3.20. The number of carbonyl (C=O) groups is 2. The minimum atomic E-state index is -5.20. The molecule has 0 spiro atoms. The van der Waals surface area contributed by atoms with Crippen LogP contribution in [0.4, 0.5) is 18.9 Å². The van der Waals surface area contributed by atoms with Crippen LogP contribution in [0.3, 0.4) is 0 Å². The van der Waals surface area contributed by atoms with E-state index in [2.05, 4.69) is 15.3 Å². The molecule has 0 fully saturated rings. The van der Waals surface area contributed by atoms with Gasteiger partial charge in [-0.05, 0) is 19.1 Å². The molecule has 0 saturated heterocycles. The van der Waals surface area contributed by atoms with Crippen molar-refractivity contribution in [2.45, 2.75) is 13.1 Å². The molecular weight excluding hydrogens is 277 g/mol. The van der Waals surface area contributed by atoms with Gasteiger partial charge in [-0.15, -0.1) is 0 Å². The molecule has 8 heteroatoms. The quantitative estimate of drug-likeness (QED) is 0.390. The smallest absolute Gasteiger partial charge is 0.456 e. The van der Waals surface area contributed by atoms with Gasteiger partial charge in [0.05, 0.1) is 12.3 Å². The summed E-state index contributed by atoms with van der Waals surface area (Å²) in [5.74, 6) is -3.79. The highest BCUT2D eigenvalue weighted by molar-refractivity contribution is 6.65. The number of nitrogens with one attached hydrogen (secondary N) is 1. The van der Waals surface area contributed by atoms with Gasteiger partial charge in [0.1, 0.15) is 0 Å². The maximum Gasteiger partial charge on any atom is 0.456 e. The summed E-state index contributed by atoms with van der Waals surface area (Å²) in [5.41, 5.74) is 1.18. The van der Waals surface area contributed by atoms with Crippen LogP contribution in [0, 0.1) is 0 Å². The van der Waals surface area contributed by atoms with Crippen molar-refractivity contribution in [3.05, 3.63) is 30.3 Å². The largest absolute Gasteiger partial charge is 0.461 e. The van der Waals surface area contributed by atoms with E-state index in [0.717, 1.165) is 0 Å². The summed E-state index contributed by atoms with van der Waals surface area (Å²) in [6, 6.07) is 7.90. The summed E-state index contributed by atoms with van der Waals surface area (Å²) in [7, 11) is 0. The molecule has 108 valence electrons. The third kappa shape index (κ3) is 4.38.